The number of nitrogens with one attached hydrogen (secondary N) is 1. The van der Waals surface area contributed by atoms with Crippen molar-refractivity contribution < 1.29 is 29.0 Å². The second-order valence-electron chi connectivity index (χ2n) is 4.59. The SMILES string of the molecule is C.O=C1NC(=O)/C(=C\c2ccc(-c3ccc(O)c(C(=O)O)c3)o2)S1.[B]. The molecule has 0 saturated carbocycles. The topological polar surface area (TPSA) is 117 Å². The molecule has 9 heteroatoms. The molecule has 1 aliphatic rings. The summed E-state index contributed by atoms with van der Waals surface area (Å²) in [6.07, 6.45) is 1.42. The highest BCUT2D eigenvalue weighted by atomic mass is 32.2. The van der Waals surface area contributed by atoms with Crippen LogP contribution < -0.4 is 5.32 Å². The van der Waals surface area contributed by atoms with Crippen LogP contribution >= 0.6 is 11.8 Å². The molecule has 0 atom stereocenters. The molecule has 7 nitrogen and oxygen atoms in total. The molecule has 3 rings (SSSR count). The third kappa shape index (κ3) is 4.13. The molecule has 2 aromatic rings. The highest BCUT2D eigenvalue weighted by molar-refractivity contribution is 8.18. The molecule has 1 fully saturated rings. The maximum atomic E-state index is 11.5. The van der Waals surface area contributed by atoms with Crippen LogP contribution in [0.25, 0.3) is 17.4 Å². The number of carboxylic acid groups (broad SMARTS) is 1. The van der Waals surface area contributed by atoms with E-state index in [1.54, 1.807) is 12.1 Å². The molecule has 2 heterocycles. The zero-order valence-electron chi connectivity index (χ0n) is 12.0. The van der Waals surface area contributed by atoms with E-state index in [-0.39, 0.29) is 32.1 Å². The van der Waals surface area contributed by atoms with Crippen LogP contribution in [0.5, 0.6) is 5.75 Å². The van der Waals surface area contributed by atoms with Gasteiger partial charge in [0.1, 0.15) is 22.8 Å². The molecule has 1 aromatic heterocycles. The number of benzene rings is 1. The van der Waals surface area contributed by atoms with Gasteiger partial charge in [0.2, 0.25) is 0 Å². The van der Waals surface area contributed by atoms with Crippen LogP contribution in [0, 0.1) is 0 Å². The number of carbonyl (C=O) groups excluding carboxylic acids is 2. The first kappa shape index (κ1) is 20.1. The minimum Gasteiger partial charge on any atom is -0.507 e. The first-order valence-electron chi connectivity index (χ1n) is 6.35. The molecular formula is C16H13BNO6S. The first-order valence-corrected chi connectivity index (χ1v) is 7.17. The van der Waals surface area contributed by atoms with Gasteiger partial charge in [0.05, 0.1) is 4.91 Å². The molecular weight excluding hydrogens is 345 g/mol. The van der Waals surface area contributed by atoms with E-state index in [1.165, 1.54) is 24.3 Å². The fourth-order valence-corrected chi connectivity index (χ4v) is 2.66. The molecule has 1 aromatic carbocycles. The fraction of sp³-hybridized carbons (Fsp3) is 0.0625. The normalized spacial score (nSPS) is 14.6. The lowest BCUT2D eigenvalue weighted by Crippen LogP contribution is -2.17. The van der Waals surface area contributed by atoms with E-state index in [0.717, 1.165) is 11.8 Å². The van der Waals surface area contributed by atoms with Gasteiger partial charge in [0.25, 0.3) is 11.1 Å². The van der Waals surface area contributed by atoms with E-state index in [4.69, 9.17) is 9.52 Å². The molecule has 0 bridgehead atoms. The maximum Gasteiger partial charge on any atom is 0.339 e. The van der Waals surface area contributed by atoms with Crippen molar-refractivity contribution in [2.75, 3.05) is 0 Å². The van der Waals surface area contributed by atoms with Crippen molar-refractivity contribution >= 4 is 43.4 Å². The molecule has 25 heavy (non-hydrogen) atoms. The van der Waals surface area contributed by atoms with Crippen molar-refractivity contribution in [3.63, 3.8) is 0 Å². The van der Waals surface area contributed by atoms with Crippen molar-refractivity contribution in [1.82, 2.24) is 5.32 Å². The summed E-state index contributed by atoms with van der Waals surface area (Å²) in [7, 11) is 0. The van der Waals surface area contributed by atoms with Gasteiger partial charge in [-0.2, -0.15) is 0 Å². The zero-order valence-corrected chi connectivity index (χ0v) is 12.8. The van der Waals surface area contributed by atoms with Gasteiger partial charge >= 0.3 is 5.97 Å². The molecule has 1 aliphatic heterocycles. The summed E-state index contributed by atoms with van der Waals surface area (Å²) in [5, 5.41) is 20.2. The predicted octanol–water partition coefficient (Wildman–Crippen LogP) is 2.93. The number of aromatic hydroxyl groups is 1. The summed E-state index contributed by atoms with van der Waals surface area (Å²) in [6, 6.07) is 7.25. The minimum absolute atomic E-state index is 0. The molecule has 0 unspecified atom stereocenters. The number of thioether (sulfide) groups is 1. The van der Waals surface area contributed by atoms with E-state index >= 15 is 0 Å². The first-order chi connectivity index (χ1) is 10.9. The number of aromatic carboxylic acids is 1. The Morgan fingerprint density at radius 1 is 1.20 bits per heavy atom. The second kappa shape index (κ2) is 7.76. The van der Waals surface area contributed by atoms with E-state index in [0.29, 0.717) is 17.1 Å². The number of hydrogen-bond donors (Lipinski definition) is 3. The lowest BCUT2D eigenvalue weighted by atomic mass is 10.1. The van der Waals surface area contributed by atoms with Gasteiger partial charge in [-0.3, -0.25) is 14.9 Å². The van der Waals surface area contributed by atoms with Crippen LogP contribution in [0.3, 0.4) is 0 Å². The summed E-state index contributed by atoms with van der Waals surface area (Å²) in [5.41, 5.74) is 0.222. The molecule has 0 spiro atoms. The zero-order chi connectivity index (χ0) is 16.6. The van der Waals surface area contributed by atoms with Crippen LogP contribution in [0.4, 0.5) is 4.79 Å². The molecule has 3 radical (unpaired) electrons. The van der Waals surface area contributed by atoms with Gasteiger partial charge in [-0.25, -0.2) is 4.79 Å². The molecule has 0 aliphatic carbocycles. The van der Waals surface area contributed by atoms with Gasteiger partial charge in [-0.15, -0.1) is 0 Å². The van der Waals surface area contributed by atoms with Crippen LogP contribution in [0.15, 0.2) is 39.7 Å². The predicted molar refractivity (Wildman–Crippen MR) is 94.4 cm³/mol. The summed E-state index contributed by atoms with van der Waals surface area (Å²) >= 11 is 0.773. The number of carbonyl (C=O) groups is 3. The Bertz CT molecular complexity index is 873. The molecule has 1 saturated heterocycles. The summed E-state index contributed by atoms with van der Waals surface area (Å²) in [6.45, 7) is 0. The summed E-state index contributed by atoms with van der Waals surface area (Å²) in [4.78, 5) is 33.8. The van der Waals surface area contributed by atoms with Crippen molar-refractivity contribution in [2.45, 2.75) is 7.43 Å². The molecule has 3 N–H and O–H groups in total. The Hall–Kier alpha value is -2.94. The number of phenols is 1. The second-order valence-corrected chi connectivity index (χ2v) is 5.61. The quantitative estimate of drug-likeness (QED) is 0.570. The highest BCUT2D eigenvalue weighted by Gasteiger charge is 2.25. The van der Waals surface area contributed by atoms with Gasteiger partial charge in [0.15, 0.2) is 0 Å². The van der Waals surface area contributed by atoms with Crippen LogP contribution in [0.1, 0.15) is 23.5 Å². The number of rotatable bonds is 3. The summed E-state index contributed by atoms with van der Waals surface area (Å²) in [5.74, 6) is -1.37. The Labute approximate surface area is 149 Å². The van der Waals surface area contributed by atoms with E-state index in [1.807, 2.05) is 0 Å². The third-order valence-electron chi connectivity index (χ3n) is 3.05. The maximum absolute atomic E-state index is 11.5. The van der Waals surface area contributed by atoms with E-state index in [9.17, 15) is 19.5 Å². The van der Waals surface area contributed by atoms with E-state index < -0.39 is 17.1 Å². The van der Waals surface area contributed by atoms with Gasteiger partial charge in [-0.1, -0.05) is 7.43 Å². The smallest absolute Gasteiger partial charge is 0.339 e. The Morgan fingerprint density at radius 2 is 1.92 bits per heavy atom. The van der Waals surface area contributed by atoms with Gasteiger partial charge in [-0.05, 0) is 42.1 Å². The van der Waals surface area contributed by atoms with Crippen LogP contribution in [0.2, 0.25) is 0 Å². The number of imide groups is 1. The van der Waals surface area contributed by atoms with Crippen molar-refractivity contribution in [3.8, 4) is 17.1 Å². The molecule has 2 amide bonds. The average molecular weight is 358 g/mol. The van der Waals surface area contributed by atoms with Gasteiger partial charge < -0.3 is 14.6 Å². The Balaban J connectivity index is 0.00000156. The fourth-order valence-electron chi connectivity index (χ4n) is 2.00. The Morgan fingerprint density at radius 3 is 2.52 bits per heavy atom. The lowest BCUT2D eigenvalue weighted by Gasteiger charge is -2.02. The number of hydrogen-bond acceptors (Lipinski definition) is 6. The van der Waals surface area contributed by atoms with Crippen LogP contribution in [-0.4, -0.2) is 35.7 Å². The number of carboxylic acids is 1. The lowest BCUT2D eigenvalue weighted by molar-refractivity contribution is -0.115. The largest absolute Gasteiger partial charge is 0.507 e. The van der Waals surface area contributed by atoms with Gasteiger partial charge in [0, 0.05) is 20.1 Å². The van der Waals surface area contributed by atoms with Crippen molar-refractivity contribution in [2.24, 2.45) is 0 Å². The van der Waals surface area contributed by atoms with E-state index in [2.05, 4.69) is 5.32 Å². The number of amides is 2. The van der Waals surface area contributed by atoms with Crippen molar-refractivity contribution in [1.29, 1.82) is 0 Å². The van der Waals surface area contributed by atoms with Crippen molar-refractivity contribution in [3.05, 3.63) is 46.6 Å². The highest BCUT2D eigenvalue weighted by Crippen LogP contribution is 2.30. The Kier molecular flexibility index (Phi) is 6.24. The summed E-state index contributed by atoms with van der Waals surface area (Å²) < 4.78 is 5.53. The average Bonchev–Trinajstić information content (AvgIpc) is 3.06. The minimum atomic E-state index is -1.25. The molecule has 127 valence electrons. The third-order valence-corrected chi connectivity index (χ3v) is 3.86. The standard InChI is InChI=1S/C15H9NO6S.CH4.B/c17-10-3-1-7(5-9(10)14(19)20)11-4-2-8(22-11)6-12-13(18)16-15(21)23-12;;/h1-6,17H,(H,19,20)(H,16,18,21);1H4;/b12-6+;;. The van der Waals surface area contributed by atoms with Crippen LogP contribution in [-0.2, 0) is 4.79 Å². The number of furan rings is 1. The monoisotopic (exact) mass is 358 g/mol.